The molecule has 7 heterocycles. The van der Waals surface area contributed by atoms with Crippen molar-refractivity contribution >= 4 is 46.4 Å². The van der Waals surface area contributed by atoms with Gasteiger partial charge in [-0.25, -0.2) is 9.97 Å². The molecule has 0 saturated heterocycles. The zero-order chi connectivity index (χ0) is 58.5. The van der Waals surface area contributed by atoms with Crippen LogP contribution in [0.1, 0.15) is 165 Å². The zero-order valence-electron chi connectivity index (χ0n) is 50.6. The second-order valence-corrected chi connectivity index (χ2v) is 23.2. The molecule has 2 N–H and O–H groups in total. The van der Waals surface area contributed by atoms with Crippen LogP contribution in [0.5, 0.6) is 11.5 Å². The Morgan fingerprint density at radius 3 is 0.802 bits per heavy atom. The molecule has 438 valence electrons. The number of aromatic amines is 2. The van der Waals surface area contributed by atoms with Gasteiger partial charge in [0, 0.05) is 69.1 Å². The molecular formula is C78H84N6O2. The quantitative estimate of drug-likeness (QED) is 0.0435. The molecule has 0 saturated carbocycles. The molecule has 0 aliphatic carbocycles. The minimum atomic E-state index is 0.753. The number of hydrogen-bond acceptors (Lipinski definition) is 6. The first kappa shape index (κ1) is 59.1. The fourth-order valence-electron chi connectivity index (χ4n) is 12.2. The molecule has 2 aliphatic heterocycles. The van der Waals surface area contributed by atoms with E-state index in [0.29, 0.717) is 0 Å². The predicted octanol–water partition coefficient (Wildman–Crippen LogP) is 22.0. The molecule has 0 amide bonds. The van der Waals surface area contributed by atoms with E-state index in [1.165, 1.54) is 116 Å². The Morgan fingerprint density at radius 2 is 0.512 bits per heavy atom. The van der Waals surface area contributed by atoms with E-state index in [0.717, 1.165) is 149 Å². The minimum Gasteiger partial charge on any atom is -0.494 e. The van der Waals surface area contributed by atoms with Crippen molar-refractivity contribution in [3.63, 3.8) is 0 Å². The SMILES string of the molecule is CCCCCCCCCCCCOc1ccc(-c2ccc(-c3c4nc(c(-c5ccncc5)c5ccc([nH]5)c(-c5ccc(-c6ccc(OCCCCCCCCCCCC)cc6)cc5)c5nc(c(-c6ccncc6)c6ccc3[nH]6)C=C5)C=C4)cc2)cc1. The molecular weight excluding hydrogens is 1050 g/mol. The highest BCUT2D eigenvalue weighted by atomic mass is 16.5. The van der Waals surface area contributed by atoms with E-state index in [2.05, 4.69) is 204 Å². The van der Waals surface area contributed by atoms with Crippen LogP contribution in [0, 0.1) is 0 Å². The van der Waals surface area contributed by atoms with Crippen molar-refractivity contribution in [1.29, 1.82) is 0 Å². The highest BCUT2D eigenvalue weighted by Crippen LogP contribution is 2.40. The number of hydrogen-bond donors (Lipinski definition) is 2. The molecule has 0 spiro atoms. The standard InChI is InChI=1S/C78H84N6O2/c1-3-5-7-9-11-13-15-17-19-21-55-85-65-35-31-59(32-36-65)57-23-27-61(28-24-57)75-67-39-43-71(81-67)77(63-47-51-79-52-48-63)73-45-41-69(83-73)76(70-42-46-74(84-70)78(64-49-53-80-54-50-64)72-44-40-68(75)82-72)62-29-25-58(26-30-62)60-33-37-66(38-34-60)86-56-22-20-18-16-14-12-10-8-6-4-2/h23-54,81,84H,3-22,55-56H2,1-2H3. The van der Waals surface area contributed by atoms with Crippen molar-refractivity contribution in [3.05, 3.63) is 193 Å². The molecule has 11 rings (SSSR count). The normalized spacial score (nSPS) is 11.8. The van der Waals surface area contributed by atoms with Gasteiger partial charge in [0.25, 0.3) is 0 Å². The molecule has 9 aromatic rings. The molecule has 0 atom stereocenters. The first-order chi connectivity index (χ1) is 42.6. The summed E-state index contributed by atoms with van der Waals surface area (Å²) in [7, 11) is 0. The van der Waals surface area contributed by atoms with Crippen molar-refractivity contribution < 1.29 is 9.47 Å². The summed E-state index contributed by atoms with van der Waals surface area (Å²) in [5, 5.41) is 0. The Kier molecular flexibility index (Phi) is 20.9. The van der Waals surface area contributed by atoms with Crippen molar-refractivity contribution in [1.82, 2.24) is 29.9 Å². The van der Waals surface area contributed by atoms with Crippen LogP contribution >= 0.6 is 0 Å². The van der Waals surface area contributed by atoms with Crippen LogP contribution in [0.25, 0.3) is 113 Å². The predicted molar refractivity (Wildman–Crippen MR) is 362 cm³/mol. The third-order valence-electron chi connectivity index (χ3n) is 16.9. The van der Waals surface area contributed by atoms with E-state index < -0.39 is 0 Å². The third-order valence-corrected chi connectivity index (χ3v) is 16.9. The second-order valence-electron chi connectivity index (χ2n) is 23.2. The van der Waals surface area contributed by atoms with Crippen molar-refractivity contribution in [2.24, 2.45) is 0 Å². The maximum atomic E-state index is 6.20. The van der Waals surface area contributed by atoms with Gasteiger partial charge in [0.05, 0.1) is 36.0 Å². The third kappa shape index (κ3) is 15.2. The first-order valence-electron chi connectivity index (χ1n) is 32.2. The number of pyridine rings is 2. The van der Waals surface area contributed by atoms with Crippen LogP contribution in [-0.4, -0.2) is 43.1 Å². The number of nitrogens with zero attached hydrogens (tertiary/aromatic N) is 4. The van der Waals surface area contributed by atoms with E-state index in [1.807, 2.05) is 24.8 Å². The smallest absolute Gasteiger partial charge is 0.119 e. The number of unbranched alkanes of at least 4 members (excludes halogenated alkanes) is 18. The summed E-state index contributed by atoms with van der Waals surface area (Å²) in [6, 6.07) is 51.7. The van der Waals surface area contributed by atoms with Crippen LogP contribution in [0.15, 0.2) is 170 Å². The van der Waals surface area contributed by atoms with Gasteiger partial charge in [-0.2, -0.15) is 0 Å². The molecule has 2 aliphatic rings. The van der Waals surface area contributed by atoms with Gasteiger partial charge in [-0.3, -0.25) is 9.97 Å². The van der Waals surface area contributed by atoms with E-state index in [9.17, 15) is 0 Å². The van der Waals surface area contributed by atoms with Gasteiger partial charge in [-0.1, -0.05) is 202 Å². The number of aromatic nitrogens is 6. The number of fused-ring (bicyclic) bond motifs is 8. The van der Waals surface area contributed by atoms with Gasteiger partial charge in [-0.05, 0) is 154 Å². The van der Waals surface area contributed by atoms with Crippen LogP contribution in [0.3, 0.4) is 0 Å². The molecule has 0 unspecified atom stereocenters. The Labute approximate surface area is 510 Å². The number of H-pyrrole nitrogens is 2. The van der Waals surface area contributed by atoms with Crippen molar-refractivity contribution in [3.8, 4) is 78.3 Å². The first-order valence-corrected chi connectivity index (χ1v) is 32.2. The molecule has 0 fully saturated rings. The van der Waals surface area contributed by atoms with Gasteiger partial charge in [-0.15, -0.1) is 0 Å². The Morgan fingerprint density at radius 1 is 0.267 bits per heavy atom. The van der Waals surface area contributed by atoms with Gasteiger partial charge in [0.2, 0.25) is 0 Å². The number of rotatable bonds is 30. The lowest BCUT2D eigenvalue weighted by atomic mass is 9.99. The van der Waals surface area contributed by atoms with Crippen LogP contribution in [-0.2, 0) is 0 Å². The fraction of sp³-hybridized carbons (Fsp3) is 0.308. The summed E-state index contributed by atoms with van der Waals surface area (Å²) < 4.78 is 12.4. The van der Waals surface area contributed by atoms with E-state index in [4.69, 9.17) is 19.4 Å². The summed E-state index contributed by atoms with van der Waals surface area (Å²) in [5.41, 5.74) is 19.7. The van der Waals surface area contributed by atoms with Gasteiger partial charge in [0.1, 0.15) is 11.5 Å². The van der Waals surface area contributed by atoms with Gasteiger partial charge in [0.15, 0.2) is 0 Å². The highest BCUT2D eigenvalue weighted by Gasteiger charge is 2.20. The number of nitrogens with one attached hydrogen (secondary N) is 2. The lowest BCUT2D eigenvalue weighted by Crippen LogP contribution is -1.97. The van der Waals surface area contributed by atoms with Crippen LogP contribution < -0.4 is 9.47 Å². The van der Waals surface area contributed by atoms with Crippen LogP contribution in [0.2, 0.25) is 0 Å². The molecule has 8 heteroatoms. The van der Waals surface area contributed by atoms with Gasteiger partial charge >= 0.3 is 0 Å². The summed E-state index contributed by atoms with van der Waals surface area (Å²) in [4.78, 5) is 27.7. The lowest BCUT2D eigenvalue weighted by Gasteiger charge is -2.09. The zero-order valence-corrected chi connectivity index (χ0v) is 50.6. The topological polar surface area (TPSA) is 102 Å². The average molecular weight is 1140 g/mol. The molecule has 4 aromatic carbocycles. The number of benzene rings is 4. The molecule has 86 heavy (non-hydrogen) atoms. The minimum absolute atomic E-state index is 0.753. The fourth-order valence-corrected chi connectivity index (χ4v) is 12.2. The lowest BCUT2D eigenvalue weighted by molar-refractivity contribution is 0.304. The largest absolute Gasteiger partial charge is 0.494 e. The molecule has 0 radical (unpaired) electrons. The summed E-state index contributed by atoms with van der Waals surface area (Å²) in [6.45, 7) is 6.07. The van der Waals surface area contributed by atoms with Gasteiger partial charge < -0.3 is 19.4 Å². The second kappa shape index (κ2) is 30.5. The van der Waals surface area contributed by atoms with Crippen LogP contribution in [0.4, 0.5) is 0 Å². The van der Waals surface area contributed by atoms with E-state index >= 15 is 0 Å². The van der Waals surface area contributed by atoms with Crippen molar-refractivity contribution in [2.45, 2.75) is 142 Å². The van der Waals surface area contributed by atoms with E-state index in [-0.39, 0.29) is 0 Å². The Bertz CT molecular complexity index is 3570. The summed E-state index contributed by atoms with van der Waals surface area (Å²) in [5.74, 6) is 1.83. The number of ether oxygens (including phenoxy) is 2. The maximum Gasteiger partial charge on any atom is 0.119 e. The average Bonchev–Trinajstić information content (AvgIpc) is 4.45. The summed E-state index contributed by atoms with van der Waals surface area (Å²) in [6.07, 6.45) is 42.2. The Balaban J connectivity index is 0.894. The highest BCUT2D eigenvalue weighted by molar-refractivity contribution is 6.00. The summed E-state index contributed by atoms with van der Waals surface area (Å²) >= 11 is 0. The van der Waals surface area contributed by atoms with Crippen molar-refractivity contribution in [2.75, 3.05) is 13.2 Å². The maximum absolute atomic E-state index is 6.20. The monoisotopic (exact) mass is 1140 g/mol. The Hall–Kier alpha value is -8.62. The molecule has 8 bridgehead atoms. The molecule has 5 aromatic heterocycles. The molecule has 8 nitrogen and oxygen atoms in total. The van der Waals surface area contributed by atoms with E-state index in [1.54, 1.807) is 0 Å².